The predicted molar refractivity (Wildman–Crippen MR) is 95.9 cm³/mol. The summed E-state index contributed by atoms with van der Waals surface area (Å²) in [7, 11) is 1.74. The molecule has 1 aromatic heterocycles. The molecule has 6 heteroatoms. The molecule has 0 bridgehead atoms. The molecule has 0 radical (unpaired) electrons. The minimum Gasteiger partial charge on any atom is -0.493 e. The lowest BCUT2D eigenvalue weighted by Gasteiger charge is -2.12. The van der Waals surface area contributed by atoms with E-state index in [1.165, 1.54) is 6.07 Å². The number of amides is 1. The van der Waals surface area contributed by atoms with Gasteiger partial charge in [0.05, 0.1) is 18.2 Å². The Morgan fingerprint density at radius 3 is 3.04 bits per heavy atom. The van der Waals surface area contributed by atoms with Gasteiger partial charge in [-0.15, -0.1) is 0 Å². The molecule has 1 aliphatic heterocycles. The van der Waals surface area contributed by atoms with Crippen molar-refractivity contribution in [3.8, 4) is 5.75 Å². The third kappa shape index (κ3) is 4.39. The molecule has 0 aliphatic carbocycles. The summed E-state index contributed by atoms with van der Waals surface area (Å²) in [5.74, 6) is 0.575. The zero-order valence-electron chi connectivity index (χ0n) is 14.5. The molecule has 1 aliphatic rings. The van der Waals surface area contributed by atoms with Gasteiger partial charge in [0.15, 0.2) is 0 Å². The average Bonchev–Trinajstić information content (AvgIpc) is 3.14. The van der Waals surface area contributed by atoms with Crippen molar-refractivity contribution in [2.24, 2.45) is 7.05 Å². The number of pyridine rings is 1. The summed E-state index contributed by atoms with van der Waals surface area (Å²) in [6, 6.07) is 9.13. The van der Waals surface area contributed by atoms with E-state index in [1.807, 2.05) is 24.3 Å². The second-order valence-electron chi connectivity index (χ2n) is 6.31. The van der Waals surface area contributed by atoms with Crippen LogP contribution in [0.4, 0.5) is 0 Å². The third-order valence-electron chi connectivity index (χ3n) is 4.47. The average molecular weight is 344 g/mol. The van der Waals surface area contributed by atoms with E-state index in [0.717, 1.165) is 30.4 Å². The summed E-state index contributed by atoms with van der Waals surface area (Å²) in [6.07, 6.45) is 3.24. The number of fused-ring (bicyclic) bond motifs is 1. The first-order valence-corrected chi connectivity index (χ1v) is 8.75. The zero-order valence-corrected chi connectivity index (χ0v) is 14.5. The second kappa shape index (κ2) is 8.16. The number of nitrogens with zero attached hydrogens (tertiary/aromatic N) is 1. The summed E-state index contributed by atoms with van der Waals surface area (Å²) in [4.78, 5) is 23.9. The summed E-state index contributed by atoms with van der Waals surface area (Å²) in [6.45, 7) is 1.77. The number of benzene rings is 1. The number of hydrogen-bond acceptors (Lipinski definition) is 4. The standard InChI is InChI=1S/C19H24N2O4/c1-21-16-8-3-2-7-15(16)17(12-19(21)23)25-11-5-9-18(22)20-13-14-6-4-10-24-14/h2-3,7-8,12,14H,4-6,9-11,13H2,1H3,(H,20,22). The molecule has 1 amide bonds. The number of hydrogen-bond donors (Lipinski definition) is 1. The number of ether oxygens (including phenoxy) is 2. The molecular formula is C19H24N2O4. The first-order valence-electron chi connectivity index (χ1n) is 8.75. The molecule has 2 aromatic rings. The van der Waals surface area contributed by atoms with Crippen molar-refractivity contribution in [1.29, 1.82) is 0 Å². The van der Waals surface area contributed by atoms with E-state index >= 15 is 0 Å². The van der Waals surface area contributed by atoms with Crippen LogP contribution in [0, 0.1) is 0 Å². The normalized spacial score (nSPS) is 16.9. The Bertz CT molecular complexity index is 794. The maximum Gasteiger partial charge on any atom is 0.254 e. The first-order chi connectivity index (χ1) is 12.1. The van der Waals surface area contributed by atoms with Gasteiger partial charge in [0, 0.05) is 38.1 Å². The lowest BCUT2D eigenvalue weighted by atomic mass is 10.2. The van der Waals surface area contributed by atoms with Gasteiger partial charge in [-0.2, -0.15) is 0 Å². The van der Waals surface area contributed by atoms with E-state index in [0.29, 0.717) is 31.7 Å². The molecule has 1 N–H and O–H groups in total. The van der Waals surface area contributed by atoms with Gasteiger partial charge in [0.2, 0.25) is 5.91 Å². The van der Waals surface area contributed by atoms with E-state index < -0.39 is 0 Å². The lowest BCUT2D eigenvalue weighted by Crippen LogP contribution is -2.31. The van der Waals surface area contributed by atoms with Crippen LogP contribution in [0.3, 0.4) is 0 Å². The molecule has 25 heavy (non-hydrogen) atoms. The summed E-state index contributed by atoms with van der Waals surface area (Å²) >= 11 is 0. The Hall–Kier alpha value is -2.34. The van der Waals surface area contributed by atoms with Gasteiger partial charge in [0.25, 0.3) is 5.56 Å². The van der Waals surface area contributed by atoms with Crippen LogP contribution in [0.2, 0.25) is 0 Å². The molecule has 3 rings (SSSR count). The summed E-state index contributed by atoms with van der Waals surface area (Å²) < 4.78 is 12.8. The Labute approximate surface area is 146 Å². The van der Waals surface area contributed by atoms with Crippen LogP contribution < -0.4 is 15.6 Å². The van der Waals surface area contributed by atoms with E-state index in [-0.39, 0.29) is 17.6 Å². The van der Waals surface area contributed by atoms with Crippen LogP contribution in [-0.2, 0) is 16.6 Å². The van der Waals surface area contributed by atoms with Crippen molar-refractivity contribution < 1.29 is 14.3 Å². The lowest BCUT2D eigenvalue weighted by molar-refractivity contribution is -0.121. The number of para-hydroxylation sites is 1. The van der Waals surface area contributed by atoms with Crippen molar-refractivity contribution >= 4 is 16.8 Å². The fraction of sp³-hybridized carbons (Fsp3) is 0.474. The van der Waals surface area contributed by atoms with Gasteiger partial charge in [-0.05, 0) is 31.4 Å². The molecule has 1 atom stereocenters. The molecule has 2 heterocycles. The van der Waals surface area contributed by atoms with E-state index in [2.05, 4.69) is 5.32 Å². The highest BCUT2D eigenvalue weighted by molar-refractivity contribution is 5.85. The number of carbonyl (C=O) groups is 1. The largest absolute Gasteiger partial charge is 0.493 e. The number of nitrogens with one attached hydrogen (secondary N) is 1. The SMILES string of the molecule is Cn1c(=O)cc(OCCCC(=O)NCC2CCCO2)c2ccccc21. The van der Waals surface area contributed by atoms with Crippen LogP contribution in [0.5, 0.6) is 5.75 Å². The highest BCUT2D eigenvalue weighted by Crippen LogP contribution is 2.23. The van der Waals surface area contributed by atoms with Crippen LogP contribution in [0.15, 0.2) is 35.1 Å². The maximum atomic E-state index is 12.0. The smallest absolute Gasteiger partial charge is 0.254 e. The molecule has 1 fully saturated rings. The molecule has 1 unspecified atom stereocenters. The van der Waals surface area contributed by atoms with Gasteiger partial charge in [0.1, 0.15) is 5.75 Å². The second-order valence-corrected chi connectivity index (χ2v) is 6.31. The third-order valence-corrected chi connectivity index (χ3v) is 4.47. The number of carbonyl (C=O) groups excluding carboxylic acids is 1. The zero-order chi connectivity index (χ0) is 17.6. The van der Waals surface area contributed by atoms with Gasteiger partial charge >= 0.3 is 0 Å². The van der Waals surface area contributed by atoms with E-state index in [1.54, 1.807) is 11.6 Å². The number of aryl methyl sites for hydroxylation is 1. The Morgan fingerprint density at radius 1 is 1.40 bits per heavy atom. The topological polar surface area (TPSA) is 69.6 Å². The molecule has 1 saturated heterocycles. The Balaban J connectivity index is 1.49. The van der Waals surface area contributed by atoms with Crippen molar-refractivity contribution in [2.45, 2.75) is 31.8 Å². The number of rotatable bonds is 7. The monoisotopic (exact) mass is 344 g/mol. The van der Waals surface area contributed by atoms with E-state index in [9.17, 15) is 9.59 Å². The van der Waals surface area contributed by atoms with Crippen LogP contribution in [0.25, 0.3) is 10.9 Å². The van der Waals surface area contributed by atoms with Gasteiger partial charge in [-0.3, -0.25) is 9.59 Å². The van der Waals surface area contributed by atoms with Crippen LogP contribution >= 0.6 is 0 Å². The van der Waals surface area contributed by atoms with Gasteiger partial charge in [-0.25, -0.2) is 0 Å². The molecule has 6 nitrogen and oxygen atoms in total. The minimum atomic E-state index is -0.108. The summed E-state index contributed by atoms with van der Waals surface area (Å²) in [5, 5.41) is 3.79. The molecule has 134 valence electrons. The van der Waals surface area contributed by atoms with Crippen molar-refractivity contribution in [1.82, 2.24) is 9.88 Å². The molecule has 0 saturated carbocycles. The minimum absolute atomic E-state index is 0.00735. The quantitative estimate of drug-likeness (QED) is 0.780. The maximum absolute atomic E-state index is 12.0. The molecule has 1 aromatic carbocycles. The van der Waals surface area contributed by atoms with Crippen molar-refractivity contribution in [2.75, 3.05) is 19.8 Å². The fourth-order valence-electron chi connectivity index (χ4n) is 3.04. The fourth-order valence-corrected chi connectivity index (χ4v) is 3.04. The molecular weight excluding hydrogens is 320 g/mol. The number of aromatic nitrogens is 1. The van der Waals surface area contributed by atoms with Crippen LogP contribution in [-0.4, -0.2) is 36.3 Å². The van der Waals surface area contributed by atoms with Gasteiger partial charge < -0.3 is 19.4 Å². The highest BCUT2D eigenvalue weighted by Gasteiger charge is 2.16. The Morgan fingerprint density at radius 2 is 2.24 bits per heavy atom. The first kappa shape index (κ1) is 17.5. The van der Waals surface area contributed by atoms with Gasteiger partial charge in [-0.1, -0.05) is 12.1 Å². The van der Waals surface area contributed by atoms with Crippen molar-refractivity contribution in [3.05, 3.63) is 40.7 Å². The summed E-state index contributed by atoms with van der Waals surface area (Å²) in [5.41, 5.74) is 0.724. The Kier molecular flexibility index (Phi) is 5.71. The highest BCUT2D eigenvalue weighted by atomic mass is 16.5. The van der Waals surface area contributed by atoms with Crippen LogP contribution in [0.1, 0.15) is 25.7 Å². The van der Waals surface area contributed by atoms with E-state index in [4.69, 9.17) is 9.47 Å². The predicted octanol–water partition coefficient (Wildman–Crippen LogP) is 1.99. The molecule has 0 spiro atoms. The van der Waals surface area contributed by atoms with Crippen molar-refractivity contribution in [3.63, 3.8) is 0 Å².